The smallest absolute Gasteiger partial charge is 0.357 e. The largest absolute Gasteiger partial charge is 0.433 e. The highest BCUT2D eigenvalue weighted by molar-refractivity contribution is 6.04. The van der Waals surface area contributed by atoms with Gasteiger partial charge in [-0.3, -0.25) is 9.78 Å². The number of benzene rings is 1. The first-order valence-corrected chi connectivity index (χ1v) is 9.51. The summed E-state index contributed by atoms with van der Waals surface area (Å²) in [4.78, 5) is 28.7. The van der Waals surface area contributed by atoms with Crippen LogP contribution in [0.2, 0.25) is 0 Å². The number of alkyl halides is 3. The molecule has 0 saturated heterocycles. The van der Waals surface area contributed by atoms with E-state index in [4.69, 9.17) is 0 Å². The molecule has 4 aromatic rings. The molecule has 4 rings (SSSR count). The molecule has 0 unspecified atom stereocenters. The molecule has 0 spiro atoms. The molecule has 0 atom stereocenters. The molecular formula is C22H17F3N6O. The van der Waals surface area contributed by atoms with Crippen LogP contribution in [0.25, 0.3) is 22.2 Å². The zero-order valence-corrected chi connectivity index (χ0v) is 17.0. The van der Waals surface area contributed by atoms with Crippen LogP contribution in [0.1, 0.15) is 21.6 Å². The van der Waals surface area contributed by atoms with Crippen molar-refractivity contribution in [3.8, 4) is 11.1 Å². The van der Waals surface area contributed by atoms with Gasteiger partial charge < -0.3 is 10.6 Å². The molecule has 0 saturated carbocycles. The third kappa shape index (κ3) is 4.34. The van der Waals surface area contributed by atoms with Gasteiger partial charge in [0.1, 0.15) is 5.69 Å². The normalized spacial score (nSPS) is 11.4. The summed E-state index contributed by atoms with van der Waals surface area (Å²) in [5.41, 5.74) is 2.23. The zero-order valence-electron chi connectivity index (χ0n) is 17.0. The lowest BCUT2D eigenvalue weighted by Gasteiger charge is -2.12. The fourth-order valence-electron chi connectivity index (χ4n) is 3.13. The number of pyridine rings is 2. The minimum atomic E-state index is -4.63. The Bertz CT molecular complexity index is 1320. The highest BCUT2D eigenvalue weighted by atomic mass is 19.4. The van der Waals surface area contributed by atoms with Crippen molar-refractivity contribution >= 4 is 28.6 Å². The van der Waals surface area contributed by atoms with E-state index in [1.54, 1.807) is 31.6 Å². The van der Waals surface area contributed by atoms with Crippen molar-refractivity contribution in [2.75, 3.05) is 17.7 Å². The maximum absolute atomic E-state index is 12.9. The Kier molecular flexibility index (Phi) is 5.43. The molecule has 0 radical (unpaired) electrons. The number of fused-ring (bicyclic) bond motifs is 1. The summed E-state index contributed by atoms with van der Waals surface area (Å²) < 4.78 is 38.7. The molecule has 3 aromatic heterocycles. The lowest BCUT2D eigenvalue weighted by atomic mass is 10.0. The number of aryl methyl sites for hydroxylation is 1. The van der Waals surface area contributed by atoms with E-state index in [1.807, 2.05) is 19.1 Å². The number of carbonyl (C=O) groups excluding carboxylic acids is 1. The molecular weight excluding hydrogens is 421 g/mol. The molecule has 162 valence electrons. The molecule has 1 aromatic carbocycles. The van der Waals surface area contributed by atoms with E-state index in [9.17, 15) is 18.0 Å². The molecule has 0 aliphatic carbocycles. The van der Waals surface area contributed by atoms with Crippen LogP contribution in [0.5, 0.6) is 0 Å². The second-order valence-electron chi connectivity index (χ2n) is 6.99. The van der Waals surface area contributed by atoms with Crippen molar-refractivity contribution in [3.05, 3.63) is 71.8 Å². The first-order chi connectivity index (χ1) is 15.2. The molecule has 1 amide bonds. The molecule has 3 heterocycles. The first-order valence-electron chi connectivity index (χ1n) is 9.51. The van der Waals surface area contributed by atoms with Gasteiger partial charge in [0, 0.05) is 47.8 Å². The monoisotopic (exact) mass is 438 g/mol. The number of nitrogens with zero attached hydrogens (tertiary/aromatic N) is 4. The summed E-state index contributed by atoms with van der Waals surface area (Å²) >= 11 is 0. The van der Waals surface area contributed by atoms with E-state index >= 15 is 0 Å². The van der Waals surface area contributed by atoms with Gasteiger partial charge in [-0.15, -0.1) is 0 Å². The summed E-state index contributed by atoms with van der Waals surface area (Å²) in [5.74, 6) is -0.208. The number of hydrogen-bond acceptors (Lipinski definition) is 6. The lowest BCUT2D eigenvalue weighted by molar-refractivity contribution is -0.141. The quantitative estimate of drug-likeness (QED) is 0.480. The Balaban J connectivity index is 1.63. The average Bonchev–Trinajstić information content (AvgIpc) is 2.79. The van der Waals surface area contributed by atoms with Crippen LogP contribution in [-0.4, -0.2) is 32.9 Å². The van der Waals surface area contributed by atoms with E-state index in [1.165, 1.54) is 6.07 Å². The van der Waals surface area contributed by atoms with E-state index in [2.05, 4.69) is 30.6 Å². The van der Waals surface area contributed by atoms with Gasteiger partial charge in [-0.2, -0.15) is 18.2 Å². The van der Waals surface area contributed by atoms with Crippen LogP contribution in [0.4, 0.5) is 24.8 Å². The predicted octanol–water partition coefficient (Wildman–Crippen LogP) is 4.71. The van der Waals surface area contributed by atoms with Gasteiger partial charge in [0.15, 0.2) is 5.65 Å². The number of hydrogen-bond donors (Lipinski definition) is 2. The number of halogens is 3. The van der Waals surface area contributed by atoms with Crippen LogP contribution in [0.3, 0.4) is 0 Å². The van der Waals surface area contributed by atoms with E-state index in [0.717, 1.165) is 34.3 Å². The SMILES string of the molecule is CNc1ncc2cc(-c3cc(NC(=O)c4ccnc(C(F)(F)F)c4)ccc3C)cnc2n1. The Labute approximate surface area is 180 Å². The fourth-order valence-corrected chi connectivity index (χ4v) is 3.13. The Morgan fingerprint density at radius 3 is 2.56 bits per heavy atom. The van der Waals surface area contributed by atoms with Crippen molar-refractivity contribution < 1.29 is 18.0 Å². The molecule has 0 bridgehead atoms. The topological polar surface area (TPSA) is 92.7 Å². The molecule has 10 heteroatoms. The number of amides is 1. The zero-order chi connectivity index (χ0) is 22.9. The second-order valence-corrected chi connectivity index (χ2v) is 6.99. The fraction of sp³-hybridized carbons (Fsp3) is 0.136. The highest BCUT2D eigenvalue weighted by Crippen LogP contribution is 2.30. The van der Waals surface area contributed by atoms with Crippen molar-refractivity contribution in [2.24, 2.45) is 0 Å². The third-order valence-corrected chi connectivity index (χ3v) is 4.78. The standard InChI is InChI=1S/C22H17F3N6O/c1-12-3-4-16(30-20(32)13-5-6-27-18(8-13)22(23,24)25)9-17(12)14-7-15-11-29-21(26-2)31-19(15)28-10-14/h3-11H,1-2H3,(H,30,32)(H,26,28,29,31). The van der Waals surface area contributed by atoms with Gasteiger partial charge in [-0.25, -0.2) is 9.97 Å². The molecule has 7 nitrogen and oxygen atoms in total. The molecule has 0 aliphatic rings. The summed E-state index contributed by atoms with van der Waals surface area (Å²) in [6.45, 7) is 1.91. The van der Waals surface area contributed by atoms with Crippen LogP contribution in [-0.2, 0) is 6.18 Å². The number of aromatic nitrogens is 4. The van der Waals surface area contributed by atoms with Crippen molar-refractivity contribution in [1.29, 1.82) is 0 Å². The lowest BCUT2D eigenvalue weighted by Crippen LogP contribution is -2.15. The minimum Gasteiger partial charge on any atom is -0.357 e. The number of rotatable bonds is 4. The van der Waals surface area contributed by atoms with Gasteiger partial charge in [0.2, 0.25) is 5.95 Å². The average molecular weight is 438 g/mol. The summed E-state index contributed by atoms with van der Waals surface area (Å²) in [7, 11) is 1.72. The summed E-state index contributed by atoms with van der Waals surface area (Å²) in [6, 6.07) is 9.06. The number of anilines is 2. The molecule has 0 fully saturated rings. The third-order valence-electron chi connectivity index (χ3n) is 4.78. The molecule has 2 N–H and O–H groups in total. The van der Waals surface area contributed by atoms with E-state index in [0.29, 0.717) is 17.3 Å². The van der Waals surface area contributed by atoms with Crippen LogP contribution >= 0.6 is 0 Å². The van der Waals surface area contributed by atoms with E-state index in [-0.39, 0.29) is 5.56 Å². The Morgan fingerprint density at radius 2 is 1.81 bits per heavy atom. The molecule has 0 aliphatic heterocycles. The summed E-state index contributed by atoms with van der Waals surface area (Å²) in [5, 5.41) is 6.24. The van der Waals surface area contributed by atoms with Gasteiger partial charge in [-0.1, -0.05) is 6.07 Å². The van der Waals surface area contributed by atoms with Crippen LogP contribution in [0, 0.1) is 6.92 Å². The minimum absolute atomic E-state index is 0.140. The molecule has 32 heavy (non-hydrogen) atoms. The Morgan fingerprint density at radius 1 is 1.00 bits per heavy atom. The van der Waals surface area contributed by atoms with Crippen LogP contribution in [0.15, 0.2) is 55.0 Å². The van der Waals surface area contributed by atoms with Crippen molar-refractivity contribution in [1.82, 2.24) is 19.9 Å². The van der Waals surface area contributed by atoms with E-state index < -0.39 is 17.8 Å². The number of carbonyl (C=O) groups is 1. The predicted molar refractivity (Wildman–Crippen MR) is 114 cm³/mol. The van der Waals surface area contributed by atoms with Gasteiger partial charge >= 0.3 is 6.18 Å². The van der Waals surface area contributed by atoms with Gasteiger partial charge in [-0.05, 0) is 48.4 Å². The maximum Gasteiger partial charge on any atom is 0.433 e. The van der Waals surface area contributed by atoms with Crippen molar-refractivity contribution in [3.63, 3.8) is 0 Å². The van der Waals surface area contributed by atoms with Gasteiger partial charge in [0.25, 0.3) is 5.91 Å². The van der Waals surface area contributed by atoms with Crippen molar-refractivity contribution in [2.45, 2.75) is 13.1 Å². The summed E-state index contributed by atoms with van der Waals surface area (Å²) in [6.07, 6.45) is -0.344. The maximum atomic E-state index is 12.9. The highest BCUT2D eigenvalue weighted by Gasteiger charge is 2.33. The number of nitrogens with one attached hydrogen (secondary N) is 2. The van der Waals surface area contributed by atoms with Crippen LogP contribution < -0.4 is 10.6 Å². The first kappa shape index (κ1) is 21.2. The Hall–Kier alpha value is -4.08. The second kappa shape index (κ2) is 8.22. The van der Waals surface area contributed by atoms with Gasteiger partial charge in [0.05, 0.1) is 0 Å².